The number of hydrogen-bond donors (Lipinski definition) is 0. The number of ether oxygens (including phenoxy) is 1. The summed E-state index contributed by atoms with van der Waals surface area (Å²) in [5.41, 5.74) is 1.66. The Kier molecular flexibility index (Phi) is 6.06. The van der Waals surface area contributed by atoms with Gasteiger partial charge in [0.15, 0.2) is 5.17 Å². The molecule has 0 atom stereocenters. The second kappa shape index (κ2) is 9.06. The van der Waals surface area contributed by atoms with Crippen LogP contribution in [0.25, 0.3) is 6.08 Å². The van der Waals surface area contributed by atoms with Crippen molar-refractivity contribution in [1.82, 2.24) is 10.2 Å². The molecule has 3 aromatic rings. The monoisotopic (exact) mass is 434 g/mol. The summed E-state index contributed by atoms with van der Waals surface area (Å²) in [5, 5.41) is 9.97. The first kappa shape index (κ1) is 20.1. The van der Waals surface area contributed by atoms with Crippen LogP contribution in [0.5, 0.6) is 5.75 Å². The van der Waals surface area contributed by atoms with Gasteiger partial charge >= 0.3 is 0 Å². The van der Waals surface area contributed by atoms with Gasteiger partial charge in [0, 0.05) is 0 Å². The zero-order valence-electron chi connectivity index (χ0n) is 16.2. The smallest absolute Gasteiger partial charge is 0.271 e. The van der Waals surface area contributed by atoms with Crippen molar-refractivity contribution < 1.29 is 9.53 Å². The number of hydrogen-bond acceptors (Lipinski definition) is 7. The van der Waals surface area contributed by atoms with Gasteiger partial charge in [0.05, 0.1) is 10.6 Å². The van der Waals surface area contributed by atoms with Crippen LogP contribution in [0, 0.1) is 6.92 Å². The maximum atomic E-state index is 13.2. The second-order valence-electron chi connectivity index (χ2n) is 6.25. The summed E-state index contributed by atoms with van der Waals surface area (Å²) in [5.74, 6) is 0.625. The van der Waals surface area contributed by atoms with Crippen molar-refractivity contribution in [3.05, 3.63) is 82.7 Å². The van der Waals surface area contributed by atoms with Crippen LogP contribution in [-0.4, -0.2) is 27.9 Å². The van der Waals surface area contributed by atoms with Crippen molar-refractivity contribution >= 4 is 51.1 Å². The van der Waals surface area contributed by atoms with E-state index in [2.05, 4.69) is 21.8 Å². The third kappa shape index (κ3) is 4.50. The predicted octanol–water partition coefficient (Wildman–Crippen LogP) is 5.22. The fourth-order valence-electron chi connectivity index (χ4n) is 2.73. The largest absolute Gasteiger partial charge is 0.490 e. The lowest BCUT2D eigenvalue weighted by atomic mass is 10.2. The molecule has 6 nitrogen and oxygen atoms in total. The summed E-state index contributed by atoms with van der Waals surface area (Å²) < 4.78 is 5.51. The van der Waals surface area contributed by atoms with Crippen LogP contribution in [0.15, 0.2) is 77.1 Å². The van der Waals surface area contributed by atoms with Crippen LogP contribution in [0.3, 0.4) is 0 Å². The zero-order valence-corrected chi connectivity index (χ0v) is 17.8. The molecule has 0 radical (unpaired) electrons. The Morgan fingerprint density at radius 3 is 2.57 bits per heavy atom. The number of nitrogens with zero attached hydrogens (tertiary/aromatic N) is 4. The van der Waals surface area contributed by atoms with E-state index in [1.54, 1.807) is 11.0 Å². The molecule has 0 saturated carbocycles. The molecule has 1 saturated heterocycles. The van der Waals surface area contributed by atoms with Gasteiger partial charge in [-0.1, -0.05) is 54.3 Å². The summed E-state index contributed by atoms with van der Waals surface area (Å²) in [7, 11) is 0. The van der Waals surface area contributed by atoms with E-state index < -0.39 is 0 Å². The van der Waals surface area contributed by atoms with Gasteiger partial charge < -0.3 is 4.74 Å². The number of anilines is 1. The molecule has 30 heavy (non-hydrogen) atoms. The number of carbonyl (C=O) groups excluding carboxylic acids is 1. The molecule has 1 aliphatic rings. The lowest BCUT2D eigenvalue weighted by Crippen LogP contribution is -2.28. The zero-order chi connectivity index (χ0) is 20.9. The van der Waals surface area contributed by atoms with Crippen LogP contribution in [0.2, 0.25) is 0 Å². The highest BCUT2D eigenvalue weighted by molar-refractivity contribution is 8.19. The molecule has 0 aliphatic carbocycles. The van der Waals surface area contributed by atoms with Gasteiger partial charge in [0.1, 0.15) is 17.4 Å². The summed E-state index contributed by atoms with van der Waals surface area (Å²) in [4.78, 5) is 20.0. The fourth-order valence-corrected chi connectivity index (χ4v) is 4.33. The van der Waals surface area contributed by atoms with E-state index in [1.165, 1.54) is 23.1 Å². The normalized spacial score (nSPS) is 16.4. The third-order valence-electron chi connectivity index (χ3n) is 4.07. The number of aryl methyl sites for hydroxylation is 1. The predicted molar refractivity (Wildman–Crippen MR) is 123 cm³/mol. The summed E-state index contributed by atoms with van der Waals surface area (Å²) in [6.45, 7) is 5.96. The fraction of sp³-hybridized carbons (Fsp3) is 0.0909. The minimum atomic E-state index is -0.127. The number of para-hydroxylation sites is 1. The number of aliphatic imine (C=N–C) groups is 1. The topological polar surface area (TPSA) is 67.7 Å². The molecule has 0 N–H and O–H groups in total. The van der Waals surface area contributed by atoms with Gasteiger partial charge in [0.2, 0.25) is 5.13 Å². The molecule has 2 aromatic carbocycles. The SMILES string of the molecule is C=CCOc1ccc(/C=C2\S/C(=N/c3nnc(C)s3)N(c3ccccc3)C2=O)cc1. The van der Waals surface area contributed by atoms with Crippen molar-refractivity contribution in [2.24, 2.45) is 4.99 Å². The number of benzene rings is 2. The molecule has 1 amide bonds. The molecular weight excluding hydrogens is 416 g/mol. The van der Waals surface area contributed by atoms with Crippen molar-refractivity contribution in [2.75, 3.05) is 11.5 Å². The van der Waals surface area contributed by atoms with Crippen LogP contribution in [-0.2, 0) is 4.79 Å². The number of carbonyl (C=O) groups is 1. The lowest BCUT2D eigenvalue weighted by Gasteiger charge is -2.14. The van der Waals surface area contributed by atoms with Gasteiger partial charge in [0.25, 0.3) is 5.91 Å². The first-order valence-electron chi connectivity index (χ1n) is 9.15. The van der Waals surface area contributed by atoms with E-state index in [1.807, 2.05) is 67.6 Å². The van der Waals surface area contributed by atoms with E-state index in [-0.39, 0.29) is 5.91 Å². The Morgan fingerprint density at radius 2 is 1.90 bits per heavy atom. The van der Waals surface area contributed by atoms with Gasteiger partial charge in [-0.15, -0.1) is 10.2 Å². The average Bonchev–Trinajstić information content (AvgIpc) is 3.31. The standard InChI is InChI=1S/C22H18N4O2S2/c1-3-13-28-18-11-9-16(10-12-18)14-19-20(27)26(17-7-5-4-6-8-17)22(30-19)23-21-25-24-15(2)29-21/h3-12,14H,1,13H2,2H3/b19-14-,23-22+. The van der Waals surface area contributed by atoms with Crippen molar-refractivity contribution in [3.63, 3.8) is 0 Å². The van der Waals surface area contributed by atoms with E-state index in [0.717, 1.165) is 22.0 Å². The third-order valence-corrected chi connectivity index (χ3v) is 5.77. The highest BCUT2D eigenvalue weighted by Gasteiger charge is 2.35. The van der Waals surface area contributed by atoms with Crippen LogP contribution in [0.4, 0.5) is 10.8 Å². The Labute approximate surface area is 182 Å². The molecule has 1 aliphatic heterocycles. The highest BCUT2D eigenvalue weighted by atomic mass is 32.2. The summed E-state index contributed by atoms with van der Waals surface area (Å²) in [6.07, 6.45) is 3.55. The minimum Gasteiger partial charge on any atom is -0.490 e. The van der Waals surface area contributed by atoms with Crippen LogP contribution < -0.4 is 9.64 Å². The molecule has 1 fully saturated rings. The molecule has 8 heteroatoms. The Morgan fingerprint density at radius 1 is 1.13 bits per heavy atom. The number of rotatable bonds is 6. The Bertz CT molecular complexity index is 1120. The molecule has 150 valence electrons. The van der Waals surface area contributed by atoms with E-state index in [4.69, 9.17) is 4.74 Å². The van der Waals surface area contributed by atoms with Gasteiger partial charge in [-0.05, 0) is 54.6 Å². The van der Waals surface area contributed by atoms with E-state index >= 15 is 0 Å². The number of amidine groups is 1. The molecule has 0 spiro atoms. The second-order valence-corrected chi connectivity index (χ2v) is 8.42. The van der Waals surface area contributed by atoms with Gasteiger partial charge in [-0.25, -0.2) is 0 Å². The molecule has 4 rings (SSSR count). The molecule has 1 aromatic heterocycles. The van der Waals surface area contributed by atoms with Gasteiger partial charge in [-0.3, -0.25) is 9.69 Å². The Hall–Kier alpha value is -3.23. The van der Waals surface area contributed by atoms with Crippen LogP contribution >= 0.6 is 23.1 Å². The summed E-state index contributed by atoms with van der Waals surface area (Å²) in [6, 6.07) is 17.0. The van der Waals surface area contributed by atoms with Crippen LogP contribution in [0.1, 0.15) is 10.6 Å². The minimum absolute atomic E-state index is 0.127. The molecule has 0 unspecified atom stereocenters. The number of aromatic nitrogens is 2. The number of amides is 1. The van der Waals surface area contributed by atoms with E-state index in [9.17, 15) is 4.79 Å². The first-order chi connectivity index (χ1) is 14.6. The van der Waals surface area contributed by atoms with E-state index in [0.29, 0.717) is 21.8 Å². The molecular formula is C22H18N4O2S2. The van der Waals surface area contributed by atoms with Gasteiger partial charge in [-0.2, -0.15) is 4.99 Å². The average molecular weight is 435 g/mol. The maximum Gasteiger partial charge on any atom is 0.271 e. The Balaban J connectivity index is 1.66. The molecule has 0 bridgehead atoms. The van der Waals surface area contributed by atoms with Crippen molar-refractivity contribution in [3.8, 4) is 5.75 Å². The maximum absolute atomic E-state index is 13.2. The summed E-state index contributed by atoms with van der Waals surface area (Å²) >= 11 is 2.71. The molecule has 2 heterocycles. The highest BCUT2D eigenvalue weighted by Crippen LogP contribution is 2.37. The quantitative estimate of drug-likeness (QED) is 0.393. The van der Waals surface area contributed by atoms with Crippen molar-refractivity contribution in [2.45, 2.75) is 6.92 Å². The first-order valence-corrected chi connectivity index (χ1v) is 10.8. The lowest BCUT2D eigenvalue weighted by molar-refractivity contribution is -0.113. The number of thioether (sulfide) groups is 1. The van der Waals surface area contributed by atoms with Crippen molar-refractivity contribution in [1.29, 1.82) is 0 Å².